The molecule has 5 nitrogen and oxygen atoms in total. The standard InChI is InChI=1S/C25H22ClN3O2/c1-29-23(30)25(28-24(29)27)15-20(12-16-6-3-2-4-7-16)31-22-11-10-18(14-21(22)25)17-8-5-9-19(26)13-17/h2-11,13-14,20H,12,15H2,1H3,(H2,27,28)/t20-,25-/m0/s1. The highest BCUT2D eigenvalue weighted by Gasteiger charge is 2.53. The molecule has 2 atom stereocenters. The summed E-state index contributed by atoms with van der Waals surface area (Å²) in [6.07, 6.45) is 0.918. The Balaban J connectivity index is 1.61. The summed E-state index contributed by atoms with van der Waals surface area (Å²) in [5.74, 6) is 0.762. The van der Waals surface area contributed by atoms with Crippen molar-refractivity contribution in [2.75, 3.05) is 7.05 Å². The number of guanidine groups is 1. The molecule has 156 valence electrons. The lowest BCUT2D eigenvalue weighted by Crippen LogP contribution is -2.46. The number of carbonyl (C=O) groups is 1. The molecule has 0 saturated heterocycles. The van der Waals surface area contributed by atoms with Gasteiger partial charge in [0.2, 0.25) is 0 Å². The zero-order valence-electron chi connectivity index (χ0n) is 17.1. The van der Waals surface area contributed by atoms with E-state index in [1.54, 1.807) is 7.05 Å². The molecule has 5 rings (SSSR count). The number of hydrogen-bond acceptors (Lipinski definition) is 4. The van der Waals surface area contributed by atoms with Crippen molar-refractivity contribution in [2.24, 2.45) is 10.7 Å². The summed E-state index contributed by atoms with van der Waals surface area (Å²) in [4.78, 5) is 19.5. The number of likely N-dealkylation sites (N-methyl/N-ethyl adjacent to an activating group) is 1. The van der Waals surface area contributed by atoms with Gasteiger partial charge in [0.25, 0.3) is 5.91 Å². The van der Waals surface area contributed by atoms with Crippen molar-refractivity contribution in [3.8, 4) is 16.9 Å². The van der Waals surface area contributed by atoms with Gasteiger partial charge in [0.15, 0.2) is 11.5 Å². The molecule has 1 amide bonds. The van der Waals surface area contributed by atoms with E-state index in [-0.39, 0.29) is 18.0 Å². The molecule has 2 heterocycles. The van der Waals surface area contributed by atoms with Crippen molar-refractivity contribution >= 4 is 23.5 Å². The van der Waals surface area contributed by atoms with Gasteiger partial charge in [-0.25, -0.2) is 4.99 Å². The van der Waals surface area contributed by atoms with Gasteiger partial charge in [-0.05, 0) is 41.0 Å². The molecule has 0 radical (unpaired) electrons. The number of nitrogens with zero attached hydrogens (tertiary/aromatic N) is 2. The molecule has 0 bridgehead atoms. The maximum Gasteiger partial charge on any atom is 0.261 e. The largest absolute Gasteiger partial charge is 0.490 e. The van der Waals surface area contributed by atoms with Gasteiger partial charge < -0.3 is 10.5 Å². The van der Waals surface area contributed by atoms with Crippen molar-refractivity contribution in [1.82, 2.24) is 4.90 Å². The summed E-state index contributed by atoms with van der Waals surface area (Å²) in [6, 6.07) is 23.6. The Morgan fingerprint density at radius 1 is 1.10 bits per heavy atom. The fourth-order valence-electron chi connectivity index (χ4n) is 4.46. The van der Waals surface area contributed by atoms with Gasteiger partial charge in [-0.15, -0.1) is 0 Å². The fourth-order valence-corrected chi connectivity index (χ4v) is 4.65. The minimum Gasteiger partial charge on any atom is -0.490 e. The molecular weight excluding hydrogens is 410 g/mol. The number of amides is 1. The Kier molecular flexibility index (Phi) is 4.71. The molecule has 0 saturated carbocycles. The molecule has 3 aromatic carbocycles. The molecular formula is C25H22ClN3O2. The number of aliphatic imine (C=N–C) groups is 1. The van der Waals surface area contributed by atoms with Crippen LogP contribution in [0.4, 0.5) is 0 Å². The molecule has 1 spiro atoms. The van der Waals surface area contributed by atoms with Crippen LogP contribution >= 0.6 is 11.6 Å². The summed E-state index contributed by atoms with van der Waals surface area (Å²) in [5.41, 5.74) is 8.82. The molecule has 0 unspecified atom stereocenters. The number of nitrogens with two attached hydrogens (primary N) is 1. The highest BCUT2D eigenvalue weighted by molar-refractivity contribution is 6.30. The number of ether oxygens (including phenoxy) is 1. The summed E-state index contributed by atoms with van der Waals surface area (Å²) in [6.45, 7) is 0. The smallest absolute Gasteiger partial charge is 0.261 e. The molecule has 3 aromatic rings. The first kappa shape index (κ1) is 19.6. The van der Waals surface area contributed by atoms with Gasteiger partial charge in [0.1, 0.15) is 11.9 Å². The highest BCUT2D eigenvalue weighted by Crippen LogP contribution is 2.47. The third kappa shape index (κ3) is 3.35. The van der Waals surface area contributed by atoms with E-state index in [4.69, 9.17) is 27.1 Å². The molecule has 0 aromatic heterocycles. The highest BCUT2D eigenvalue weighted by atomic mass is 35.5. The molecule has 6 heteroatoms. The lowest BCUT2D eigenvalue weighted by Gasteiger charge is -2.37. The van der Waals surface area contributed by atoms with E-state index in [9.17, 15) is 4.79 Å². The molecule has 2 aliphatic rings. The summed E-state index contributed by atoms with van der Waals surface area (Å²) in [5, 5.41) is 0.656. The maximum absolute atomic E-state index is 13.4. The minimum absolute atomic E-state index is 0.129. The summed E-state index contributed by atoms with van der Waals surface area (Å²) < 4.78 is 6.35. The van der Waals surface area contributed by atoms with Crippen LogP contribution in [0.15, 0.2) is 77.8 Å². The molecule has 2 N–H and O–H groups in total. The minimum atomic E-state index is -1.08. The van der Waals surface area contributed by atoms with Gasteiger partial charge in [0, 0.05) is 30.5 Å². The van der Waals surface area contributed by atoms with Crippen LogP contribution in [0.25, 0.3) is 11.1 Å². The number of halogens is 1. The maximum atomic E-state index is 13.4. The van der Waals surface area contributed by atoms with Crippen LogP contribution in [0.5, 0.6) is 5.75 Å². The van der Waals surface area contributed by atoms with Crippen LogP contribution in [0, 0.1) is 0 Å². The topological polar surface area (TPSA) is 67.9 Å². The van der Waals surface area contributed by atoms with Crippen molar-refractivity contribution < 1.29 is 9.53 Å². The number of benzene rings is 3. The summed E-state index contributed by atoms with van der Waals surface area (Å²) >= 11 is 6.19. The molecule has 0 fully saturated rings. The average molecular weight is 432 g/mol. The van der Waals surface area contributed by atoms with Crippen molar-refractivity contribution in [2.45, 2.75) is 24.5 Å². The average Bonchev–Trinajstić information content (AvgIpc) is 2.98. The van der Waals surface area contributed by atoms with Gasteiger partial charge in [0.05, 0.1) is 0 Å². The van der Waals surface area contributed by atoms with Gasteiger partial charge >= 0.3 is 0 Å². The van der Waals surface area contributed by atoms with Crippen LogP contribution in [-0.2, 0) is 16.8 Å². The normalized spacial score (nSPS) is 22.3. The van der Waals surface area contributed by atoms with Crippen LogP contribution in [0.1, 0.15) is 17.5 Å². The van der Waals surface area contributed by atoms with Crippen molar-refractivity contribution in [3.05, 3.63) is 88.9 Å². The lowest BCUT2D eigenvalue weighted by molar-refractivity contribution is -0.132. The quantitative estimate of drug-likeness (QED) is 0.669. The van der Waals surface area contributed by atoms with Crippen molar-refractivity contribution in [3.63, 3.8) is 0 Å². The number of hydrogen-bond donors (Lipinski definition) is 1. The lowest BCUT2D eigenvalue weighted by atomic mass is 9.79. The predicted molar refractivity (Wildman–Crippen MR) is 122 cm³/mol. The second-order valence-electron chi connectivity index (χ2n) is 8.05. The van der Waals surface area contributed by atoms with E-state index in [2.05, 4.69) is 12.1 Å². The molecule has 2 aliphatic heterocycles. The Morgan fingerprint density at radius 3 is 2.58 bits per heavy atom. The first-order chi connectivity index (χ1) is 15.0. The second-order valence-corrected chi connectivity index (χ2v) is 8.49. The molecule has 0 aliphatic carbocycles. The Bertz CT molecular complexity index is 1190. The predicted octanol–water partition coefficient (Wildman–Crippen LogP) is 4.38. The Labute approximate surface area is 186 Å². The van der Waals surface area contributed by atoms with Gasteiger partial charge in [-0.3, -0.25) is 9.69 Å². The van der Waals surface area contributed by atoms with E-state index in [0.717, 1.165) is 22.3 Å². The third-order valence-electron chi connectivity index (χ3n) is 6.01. The van der Waals surface area contributed by atoms with E-state index >= 15 is 0 Å². The number of rotatable bonds is 3. The van der Waals surface area contributed by atoms with Gasteiger partial charge in [-0.2, -0.15) is 0 Å². The van der Waals surface area contributed by atoms with E-state index in [0.29, 0.717) is 23.6 Å². The Hall–Kier alpha value is -3.31. The van der Waals surface area contributed by atoms with E-state index in [1.165, 1.54) is 4.90 Å². The zero-order chi connectivity index (χ0) is 21.6. The number of fused-ring (bicyclic) bond motifs is 2. The van der Waals surface area contributed by atoms with Crippen LogP contribution in [0.3, 0.4) is 0 Å². The number of carbonyl (C=O) groups excluding carboxylic acids is 1. The van der Waals surface area contributed by atoms with Gasteiger partial charge in [-0.1, -0.05) is 60.1 Å². The first-order valence-corrected chi connectivity index (χ1v) is 10.6. The van der Waals surface area contributed by atoms with Crippen LogP contribution in [-0.4, -0.2) is 29.9 Å². The zero-order valence-corrected chi connectivity index (χ0v) is 17.8. The monoisotopic (exact) mass is 431 g/mol. The van der Waals surface area contributed by atoms with Crippen LogP contribution in [0.2, 0.25) is 5.02 Å². The SMILES string of the molecule is CN1C(=O)[C@@]2(C[C@H](Cc3ccccc3)Oc3ccc(-c4cccc(Cl)c4)cc32)N=C1N. The fraction of sp³-hybridized carbons (Fsp3) is 0.200. The van der Waals surface area contributed by atoms with E-state index < -0.39 is 5.54 Å². The van der Waals surface area contributed by atoms with Crippen LogP contribution < -0.4 is 10.5 Å². The Morgan fingerprint density at radius 2 is 1.87 bits per heavy atom. The van der Waals surface area contributed by atoms with E-state index in [1.807, 2.05) is 60.7 Å². The first-order valence-electron chi connectivity index (χ1n) is 10.2. The third-order valence-corrected chi connectivity index (χ3v) is 6.25. The molecule has 31 heavy (non-hydrogen) atoms. The second kappa shape index (κ2) is 7.43. The van der Waals surface area contributed by atoms with Crippen molar-refractivity contribution in [1.29, 1.82) is 0 Å². The summed E-state index contributed by atoms with van der Waals surface area (Å²) in [7, 11) is 1.66.